The molecule has 0 aliphatic heterocycles. The van der Waals surface area contributed by atoms with Crippen LogP contribution < -0.4 is 16.4 Å². The van der Waals surface area contributed by atoms with E-state index in [1.165, 1.54) is 16.9 Å². The van der Waals surface area contributed by atoms with Crippen LogP contribution in [0, 0.1) is 0 Å². The molecule has 34 heavy (non-hydrogen) atoms. The number of aryl methyl sites for hydroxylation is 2. The van der Waals surface area contributed by atoms with Crippen molar-refractivity contribution < 1.29 is 14.3 Å². The first-order valence-electron chi connectivity index (χ1n) is 11.9. The number of fused-ring (bicyclic) bond motifs is 1. The van der Waals surface area contributed by atoms with Crippen molar-refractivity contribution in [3.63, 3.8) is 0 Å². The number of carbonyl (C=O) groups excluding carboxylic acids is 2. The number of thiophene rings is 1. The van der Waals surface area contributed by atoms with Gasteiger partial charge in [0, 0.05) is 22.8 Å². The van der Waals surface area contributed by atoms with Gasteiger partial charge >= 0.3 is 5.97 Å². The molecule has 0 unspecified atom stereocenters. The average Bonchev–Trinajstić information content (AvgIpc) is 3.21. The third kappa shape index (κ3) is 5.59. The van der Waals surface area contributed by atoms with Gasteiger partial charge in [-0.25, -0.2) is 4.79 Å². The molecular formula is C27H31N3O3S. The fourth-order valence-electron chi connectivity index (χ4n) is 4.31. The van der Waals surface area contributed by atoms with Gasteiger partial charge in [0.05, 0.1) is 17.7 Å². The summed E-state index contributed by atoms with van der Waals surface area (Å²) in [6, 6.07) is 15.6. The molecule has 0 fully saturated rings. The Bertz CT molecular complexity index is 1160. The number of hydrogen-bond acceptors (Lipinski definition) is 6. The van der Waals surface area contributed by atoms with Crippen molar-refractivity contribution in [3.05, 3.63) is 75.7 Å². The molecule has 1 heterocycles. The molecule has 178 valence electrons. The second-order valence-electron chi connectivity index (χ2n) is 8.41. The molecule has 0 bridgehead atoms. The van der Waals surface area contributed by atoms with Gasteiger partial charge in [-0.15, -0.1) is 11.3 Å². The van der Waals surface area contributed by atoms with Crippen LogP contribution in [0.5, 0.6) is 0 Å². The van der Waals surface area contributed by atoms with Gasteiger partial charge in [0.1, 0.15) is 5.00 Å². The van der Waals surface area contributed by atoms with Crippen molar-refractivity contribution in [2.24, 2.45) is 0 Å². The zero-order valence-electron chi connectivity index (χ0n) is 19.5. The minimum absolute atomic E-state index is 0.290. The Morgan fingerprint density at radius 2 is 1.88 bits per heavy atom. The molecule has 1 aliphatic carbocycles. The quantitative estimate of drug-likeness (QED) is 0.209. The number of nitrogens with two attached hydrogens (primary N) is 1. The van der Waals surface area contributed by atoms with E-state index in [0.717, 1.165) is 61.2 Å². The van der Waals surface area contributed by atoms with Crippen LogP contribution in [0.2, 0.25) is 0 Å². The number of nitrogen functional groups attached to an aromatic ring is 1. The number of anilines is 3. The molecule has 4 N–H and O–H groups in total. The number of rotatable bonds is 9. The minimum Gasteiger partial charge on any atom is -0.462 e. The van der Waals surface area contributed by atoms with Crippen molar-refractivity contribution in [1.29, 1.82) is 0 Å². The molecule has 1 aliphatic rings. The lowest BCUT2D eigenvalue weighted by Gasteiger charge is -2.14. The van der Waals surface area contributed by atoms with Crippen LogP contribution in [0.25, 0.3) is 0 Å². The first-order chi connectivity index (χ1) is 16.6. The van der Waals surface area contributed by atoms with E-state index in [4.69, 9.17) is 10.5 Å². The van der Waals surface area contributed by atoms with Gasteiger partial charge in [-0.05, 0) is 74.8 Å². The second kappa shape index (κ2) is 11.2. The molecule has 1 amide bonds. The maximum absolute atomic E-state index is 13.3. The predicted molar refractivity (Wildman–Crippen MR) is 139 cm³/mol. The Labute approximate surface area is 204 Å². The molecule has 0 saturated heterocycles. The number of esters is 1. The summed E-state index contributed by atoms with van der Waals surface area (Å²) in [4.78, 5) is 27.2. The highest BCUT2D eigenvalue weighted by molar-refractivity contribution is 7.17. The molecule has 6 nitrogen and oxygen atoms in total. The zero-order chi connectivity index (χ0) is 23.9. The molecular weight excluding hydrogens is 446 g/mol. The lowest BCUT2D eigenvalue weighted by Crippen LogP contribution is -2.18. The van der Waals surface area contributed by atoms with Crippen LogP contribution in [0.4, 0.5) is 16.4 Å². The van der Waals surface area contributed by atoms with E-state index in [0.29, 0.717) is 28.4 Å². The largest absolute Gasteiger partial charge is 0.462 e. The highest BCUT2D eigenvalue weighted by Crippen LogP contribution is 2.39. The van der Waals surface area contributed by atoms with Crippen LogP contribution in [0.15, 0.2) is 48.5 Å². The molecule has 3 aromatic rings. The SMILES string of the molecule is CCOC(=O)c1c(NC(=O)c2cc(N)ccc2NCCCc2ccccc2)sc2c1CCCC2. The van der Waals surface area contributed by atoms with E-state index in [2.05, 4.69) is 22.8 Å². The second-order valence-corrected chi connectivity index (χ2v) is 9.52. The Morgan fingerprint density at radius 3 is 2.68 bits per heavy atom. The van der Waals surface area contributed by atoms with Crippen LogP contribution in [-0.2, 0) is 24.0 Å². The van der Waals surface area contributed by atoms with Crippen molar-refractivity contribution in [3.8, 4) is 0 Å². The number of carbonyl (C=O) groups is 2. The predicted octanol–water partition coefficient (Wildman–Crippen LogP) is 5.68. The third-order valence-electron chi connectivity index (χ3n) is 5.97. The van der Waals surface area contributed by atoms with Gasteiger partial charge in [-0.3, -0.25) is 4.79 Å². The summed E-state index contributed by atoms with van der Waals surface area (Å²) in [5.74, 6) is -0.661. The van der Waals surface area contributed by atoms with E-state index in [-0.39, 0.29) is 11.9 Å². The number of benzene rings is 2. The van der Waals surface area contributed by atoms with Crippen molar-refractivity contribution >= 4 is 39.6 Å². The smallest absolute Gasteiger partial charge is 0.341 e. The van der Waals surface area contributed by atoms with Gasteiger partial charge < -0.3 is 21.1 Å². The van der Waals surface area contributed by atoms with Crippen molar-refractivity contribution in [1.82, 2.24) is 0 Å². The van der Waals surface area contributed by atoms with E-state index in [1.807, 2.05) is 24.3 Å². The summed E-state index contributed by atoms with van der Waals surface area (Å²) in [7, 11) is 0. The number of hydrogen-bond donors (Lipinski definition) is 3. The molecule has 0 spiro atoms. The third-order valence-corrected chi connectivity index (χ3v) is 7.17. The standard InChI is InChI=1S/C27H31N3O3S/c1-2-33-27(32)24-20-12-6-7-13-23(20)34-26(24)30-25(31)21-17-19(28)14-15-22(21)29-16-8-11-18-9-4-3-5-10-18/h3-5,9-10,14-15,17,29H,2,6-8,11-13,16,28H2,1H3,(H,30,31). The lowest BCUT2D eigenvalue weighted by molar-refractivity contribution is 0.0526. The molecule has 0 saturated carbocycles. The van der Waals surface area contributed by atoms with Gasteiger partial charge in [0.25, 0.3) is 5.91 Å². The number of ether oxygens (including phenoxy) is 1. The highest BCUT2D eigenvalue weighted by Gasteiger charge is 2.27. The fourth-order valence-corrected chi connectivity index (χ4v) is 5.58. The highest BCUT2D eigenvalue weighted by atomic mass is 32.1. The van der Waals surface area contributed by atoms with E-state index in [9.17, 15) is 9.59 Å². The van der Waals surface area contributed by atoms with E-state index >= 15 is 0 Å². The maximum atomic E-state index is 13.3. The molecule has 0 radical (unpaired) electrons. The summed E-state index contributed by atoms with van der Waals surface area (Å²) < 4.78 is 5.31. The fraction of sp³-hybridized carbons (Fsp3) is 0.333. The topological polar surface area (TPSA) is 93.5 Å². The molecule has 2 aromatic carbocycles. The summed E-state index contributed by atoms with van der Waals surface area (Å²) >= 11 is 1.48. The monoisotopic (exact) mass is 477 g/mol. The first-order valence-corrected chi connectivity index (χ1v) is 12.7. The lowest BCUT2D eigenvalue weighted by atomic mass is 9.95. The maximum Gasteiger partial charge on any atom is 0.341 e. The zero-order valence-corrected chi connectivity index (χ0v) is 20.3. The van der Waals surface area contributed by atoms with Gasteiger partial charge in [-0.2, -0.15) is 0 Å². The molecule has 0 atom stereocenters. The van der Waals surface area contributed by atoms with Gasteiger partial charge in [-0.1, -0.05) is 30.3 Å². The summed E-state index contributed by atoms with van der Waals surface area (Å²) in [6.07, 6.45) is 5.77. The van der Waals surface area contributed by atoms with Crippen LogP contribution in [0.1, 0.15) is 62.9 Å². The molecule has 7 heteroatoms. The van der Waals surface area contributed by atoms with Gasteiger partial charge in [0.2, 0.25) is 0 Å². The summed E-state index contributed by atoms with van der Waals surface area (Å²) in [5.41, 5.74) is 10.5. The molecule has 1 aromatic heterocycles. The summed E-state index contributed by atoms with van der Waals surface area (Å²) in [6.45, 7) is 2.81. The van der Waals surface area contributed by atoms with E-state index in [1.54, 1.807) is 19.1 Å². The summed E-state index contributed by atoms with van der Waals surface area (Å²) in [5, 5.41) is 6.93. The Balaban J connectivity index is 1.50. The normalized spacial score (nSPS) is 12.6. The average molecular weight is 478 g/mol. The minimum atomic E-state index is -0.371. The molecule has 4 rings (SSSR count). The Kier molecular flexibility index (Phi) is 7.85. The van der Waals surface area contributed by atoms with Crippen molar-refractivity contribution in [2.75, 3.05) is 29.5 Å². The number of amides is 1. The van der Waals surface area contributed by atoms with E-state index < -0.39 is 0 Å². The number of nitrogens with one attached hydrogen (secondary N) is 2. The van der Waals surface area contributed by atoms with Crippen LogP contribution in [-0.4, -0.2) is 25.0 Å². The van der Waals surface area contributed by atoms with Crippen LogP contribution >= 0.6 is 11.3 Å². The Hall–Kier alpha value is -3.32. The Morgan fingerprint density at radius 1 is 1.09 bits per heavy atom. The van der Waals surface area contributed by atoms with Crippen molar-refractivity contribution in [2.45, 2.75) is 45.4 Å². The first kappa shape index (κ1) is 23.8. The van der Waals surface area contributed by atoms with Gasteiger partial charge in [0.15, 0.2) is 0 Å². The van der Waals surface area contributed by atoms with Crippen LogP contribution in [0.3, 0.4) is 0 Å².